The number of hydrogen-bond donors (Lipinski definition) is 1. The van der Waals surface area contributed by atoms with Crippen LogP contribution in [0.3, 0.4) is 0 Å². The Kier molecular flexibility index (Phi) is 3.31. The average Bonchev–Trinajstić information content (AvgIpc) is 3.23. The maximum Gasteiger partial charge on any atom is 0.202 e. The molecule has 2 aromatic rings. The van der Waals surface area contributed by atoms with Crippen LogP contribution in [0.15, 0.2) is 33.4 Å². The first kappa shape index (κ1) is 13.1. The molecule has 3 atom stereocenters. The van der Waals surface area contributed by atoms with Gasteiger partial charge in [0, 0.05) is 25.2 Å². The second kappa shape index (κ2) is 5.31. The third-order valence-corrected chi connectivity index (χ3v) is 4.93. The van der Waals surface area contributed by atoms with Crippen molar-refractivity contribution in [3.05, 3.63) is 30.2 Å². The van der Waals surface area contributed by atoms with E-state index >= 15 is 0 Å². The monoisotopic (exact) mass is 287 g/mol. The number of nitrogens with one attached hydrogen (secondary N) is 1. The van der Waals surface area contributed by atoms with Crippen molar-refractivity contribution in [2.24, 2.45) is 11.8 Å². The van der Waals surface area contributed by atoms with Crippen molar-refractivity contribution in [1.82, 2.24) is 15.4 Å². The van der Waals surface area contributed by atoms with Gasteiger partial charge in [0.15, 0.2) is 5.76 Å². The maximum absolute atomic E-state index is 5.40. The van der Waals surface area contributed by atoms with E-state index in [0.29, 0.717) is 11.8 Å². The number of nitrogens with zero attached hydrogens (tertiary/aromatic N) is 2. The van der Waals surface area contributed by atoms with Crippen molar-refractivity contribution < 1.29 is 8.94 Å². The normalized spacial score (nSPS) is 29.1. The molecule has 2 saturated heterocycles. The molecule has 5 nitrogen and oxygen atoms in total. The van der Waals surface area contributed by atoms with Crippen LogP contribution in [0.4, 0.5) is 0 Å². The molecule has 1 N–H and O–H groups in total. The Morgan fingerprint density at radius 3 is 3.14 bits per heavy atom. The second-order valence-corrected chi connectivity index (χ2v) is 6.15. The van der Waals surface area contributed by atoms with Crippen LogP contribution >= 0.6 is 0 Å². The lowest BCUT2D eigenvalue weighted by Gasteiger charge is -2.25. The molecule has 2 aliphatic heterocycles. The van der Waals surface area contributed by atoms with Gasteiger partial charge in [-0.15, -0.1) is 0 Å². The Balaban J connectivity index is 1.48. The highest BCUT2D eigenvalue weighted by atomic mass is 16.5. The fraction of sp³-hybridized carbons (Fsp3) is 0.562. The first-order valence-electron chi connectivity index (χ1n) is 7.79. The van der Waals surface area contributed by atoms with Gasteiger partial charge in [-0.3, -0.25) is 4.90 Å². The molecule has 4 heterocycles. The molecule has 0 bridgehead atoms. The van der Waals surface area contributed by atoms with Gasteiger partial charge in [-0.2, -0.15) is 0 Å². The van der Waals surface area contributed by atoms with E-state index in [-0.39, 0.29) is 0 Å². The maximum atomic E-state index is 5.40. The minimum absolute atomic E-state index is 0.661. The number of rotatable bonds is 4. The van der Waals surface area contributed by atoms with E-state index in [1.165, 1.54) is 13.0 Å². The first-order valence-corrected chi connectivity index (χ1v) is 7.79. The van der Waals surface area contributed by atoms with E-state index in [0.717, 1.165) is 42.9 Å². The Bertz CT molecular complexity index is 592. The topological polar surface area (TPSA) is 54.4 Å². The number of fused-ring (bicyclic) bond motifs is 1. The molecule has 2 aliphatic rings. The van der Waals surface area contributed by atoms with Crippen LogP contribution < -0.4 is 5.32 Å². The van der Waals surface area contributed by atoms with Crippen molar-refractivity contribution in [3.8, 4) is 11.5 Å². The lowest BCUT2D eigenvalue weighted by Crippen LogP contribution is -2.34. The minimum Gasteiger partial charge on any atom is -0.461 e. The van der Waals surface area contributed by atoms with Gasteiger partial charge in [0.05, 0.1) is 12.0 Å². The van der Waals surface area contributed by atoms with Crippen LogP contribution in [-0.2, 0) is 6.54 Å². The zero-order valence-electron chi connectivity index (χ0n) is 12.3. The standard InChI is InChI=1S/C16H21N3O2/c1-2-14-13-8-17-7-11(13)9-19(14)10-12-6-16(21-18-12)15-4-3-5-20-15/h3-6,11,13-14,17H,2,7-10H2,1H3. The quantitative estimate of drug-likeness (QED) is 0.935. The lowest BCUT2D eigenvalue weighted by molar-refractivity contribution is 0.205. The van der Waals surface area contributed by atoms with Gasteiger partial charge < -0.3 is 14.3 Å². The number of furan rings is 1. The van der Waals surface area contributed by atoms with Crippen molar-refractivity contribution in [1.29, 1.82) is 0 Å². The molecule has 0 aromatic carbocycles. The average molecular weight is 287 g/mol. The van der Waals surface area contributed by atoms with Gasteiger partial charge in [0.25, 0.3) is 0 Å². The summed E-state index contributed by atoms with van der Waals surface area (Å²) in [5.74, 6) is 3.05. The molecule has 2 aromatic heterocycles. The van der Waals surface area contributed by atoms with Crippen molar-refractivity contribution in [3.63, 3.8) is 0 Å². The van der Waals surface area contributed by atoms with Crippen LogP contribution in [0, 0.1) is 11.8 Å². The van der Waals surface area contributed by atoms with Crippen LogP contribution in [-0.4, -0.2) is 35.7 Å². The van der Waals surface area contributed by atoms with E-state index in [1.54, 1.807) is 6.26 Å². The van der Waals surface area contributed by atoms with Gasteiger partial charge >= 0.3 is 0 Å². The van der Waals surface area contributed by atoms with Crippen molar-refractivity contribution >= 4 is 0 Å². The summed E-state index contributed by atoms with van der Waals surface area (Å²) in [6, 6.07) is 6.41. The van der Waals surface area contributed by atoms with Gasteiger partial charge in [-0.05, 0) is 43.5 Å². The summed E-state index contributed by atoms with van der Waals surface area (Å²) in [4.78, 5) is 2.57. The molecule has 0 saturated carbocycles. The highest BCUT2D eigenvalue weighted by Gasteiger charge is 2.43. The molecule has 2 fully saturated rings. The van der Waals surface area contributed by atoms with Gasteiger partial charge in [-0.25, -0.2) is 0 Å². The Morgan fingerprint density at radius 1 is 1.38 bits per heavy atom. The van der Waals surface area contributed by atoms with Crippen LogP contribution in [0.25, 0.3) is 11.5 Å². The van der Waals surface area contributed by atoms with Crippen molar-refractivity contribution in [2.75, 3.05) is 19.6 Å². The van der Waals surface area contributed by atoms with Crippen LogP contribution in [0.5, 0.6) is 0 Å². The highest BCUT2D eigenvalue weighted by Crippen LogP contribution is 2.35. The highest BCUT2D eigenvalue weighted by molar-refractivity contribution is 5.49. The zero-order valence-corrected chi connectivity index (χ0v) is 12.3. The lowest BCUT2D eigenvalue weighted by atomic mass is 9.93. The molecule has 0 spiro atoms. The predicted molar refractivity (Wildman–Crippen MR) is 78.5 cm³/mol. The zero-order chi connectivity index (χ0) is 14.2. The minimum atomic E-state index is 0.661. The summed E-state index contributed by atoms with van der Waals surface area (Å²) < 4.78 is 10.7. The molecule has 112 valence electrons. The van der Waals surface area contributed by atoms with Crippen LogP contribution in [0.1, 0.15) is 19.0 Å². The summed E-state index contributed by atoms with van der Waals surface area (Å²) in [7, 11) is 0. The fourth-order valence-corrected chi connectivity index (χ4v) is 3.98. The summed E-state index contributed by atoms with van der Waals surface area (Å²) >= 11 is 0. The SMILES string of the molecule is CCC1C2CNCC2CN1Cc1cc(-c2ccco2)on1. The number of hydrogen-bond acceptors (Lipinski definition) is 5. The fourth-order valence-electron chi connectivity index (χ4n) is 3.98. The Morgan fingerprint density at radius 2 is 2.33 bits per heavy atom. The summed E-state index contributed by atoms with van der Waals surface area (Å²) in [5.41, 5.74) is 0.993. The van der Waals surface area contributed by atoms with Gasteiger partial charge in [-0.1, -0.05) is 12.1 Å². The molecule has 4 rings (SSSR count). The molecule has 21 heavy (non-hydrogen) atoms. The van der Waals surface area contributed by atoms with E-state index < -0.39 is 0 Å². The van der Waals surface area contributed by atoms with E-state index in [4.69, 9.17) is 8.94 Å². The Hall–Kier alpha value is -1.59. The first-order chi connectivity index (χ1) is 10.3. The third kappa shape index (κ3) is 2.30. The van der Waals surface area contributed by atoms with Gasteiger partial charge in [0.2, 0.25) is 5.76 Å². The smallest absolute Gasteiger partial charge is 0.202 e. The molecule has 0 radical (unpaired) electrons. The van der Waals surface area contributed by atoms with E-state index in [2.05, 4.69) is 22.3 Å². The molecular formula is C16H21N3O2. The van der Waals surface area contributed by atoms with Gasteiger partial charge in [0.1, 0.15) is 0 Å². The molecule has 5 heteroatoms. The van der Waals surface area contributed by atoms with Crippen LogP contribution in [0.2, 0.25) is 0 Å². The third-order valence-electron chi connectivity index (χ3n) is 4.93. The molecule has 3 unspecified atom stereocenters. The second-order valence-electron chi connectivity index (χ2n) is 6.15. The molecule has 0 aliphatic carbocycles. The summed E-state index contributed by atoms with van der Waals surface area (Å²) in [6.07, 6.45) is 2.85. The summed E-state index contributed by atoms with van der Waals surface area (Å²) in [6.45, 7) is 6.65. The van der Waals surface area contributed by atoms with E-state index in [1.807, 2.05) is 18.2 Å². The molecule has 0 amide bonds. The van der Waals surface area contributed by atoms with Crippen molar-refractivity contribution in [2.45, 2.75) is 25.9 Å². The van der Waals surface area contributed by atoms with E-state index in [9.17, 15) is 0 Å². The molecular weight excluding hydrogens is 266 g/mol. The Labute approximate surface area is 124 Å². The predicted octanol–water partition coefficient (Wildman–Crippen LogP) is 2.36. The number of likely N-dealkylation sites (tertiary alicyclic amines) is 1. The number of aromatic nitrogens is 1. The summed E-state index contributed by atoms with van der Waals surface area (Å²) in [5, 5.41) is 7.73. The largest absolute Gasteiger partial charge is 0.461 e.